The van der Waals surface area contributed by atoms with Gasteiger partial charge in [-0.05, 0) is 89.1 Å². The van der Waals surface area contributed by atoms with E-state index < -0.39 is 15.6 Å². The molecule has 1 N–H and O–H groups in total. The third-order valence-corrected chi connectivity index (χ3v) is 13.8. The Kier molecular flexibility index (Phi) is 20.4. The van der Waals surface area contributed by atoms with E-state index in [0.29, 0.717) is 17.8 Å². The molecule has 2 aliphatic carbocycles. The standard InChI is InChI=1S/C35H53O2P.C4H7.CHF3O3S.Pd/c1-23(2)26-21-29(24(3)4)33(30(22-26)25(5)6)34-31(36-7)19-20-32(37-8)35(34)38(27-15-11-9-12-16-27)28-17-13-10-14-18-28;1-3-4-2;2-1(3,4)8(5,6)7;/h19-25,27-28H,9-18H2,1-8H3;3-4H,1H2,2H3;(H,5,6,7);/q;-1;;/b;4-3+;;. The first-order chi connectivity index (χ1) is 23.4. The van der Waals surface area contributed by atoms with E-state index in [2.05, 4.69) is 72.7 Å². The minimum Gasteiger partial charge on any atom is -0.496 e. The van der Waals surface area contributed by atoms with Crippen LogP contribution in [0.5, 0.6) is 11.5 Å². The van der Waals surface area contributed by atoms with Crippen molar-refractivity contribution >= 4 is 23.3 Å². The number of methoxy groups -OCH3 is 2. The van der Waals surface area contributed by atoms with Crippen molar-refractivity contribution in [2.24, 2.45) is 0 Å². The van der Waals surface area contributed by atoms with Crippen LogP contribution in [0.2, 0.25) is 0 Å². The van der Waals surface area contributed by atoms with Crippen LogP contribution in [0.4, 0.5) is 13.2 Å². The predicted octanol–water partition coefficient (Wildman–Crippen LogP) is 12.3. The van der Waals surface area contributed by atoms with Crippen LogP contribution in [-0.4, -0.2) is 44.0 Å². The van der Waals surface area contributed by atoms with E-state index in [-0.39, 0.29) is 28.3 Å². The number of halogens is 3. The summed E-state index contributed by atoms with van der Waals surface area (Å²) in [6.07, 6.45) is 17.5. The van der Waals surface area contributed by atoms with Crippen LogP contribution in [0, 0.1) is 6.92 Å². The fraction of sp³-hybridized carbons (Fsp3) is 0.625. The topological polar surface area (TPSA) is 72.8 Å². The molecular weight excluding hydrogens is 787 g/mol. The van der Waals surface area contributed by atoms with Crippen LogP contribution in [0.15, 0.2) is 36.4 Å². The number of benzene rings is 2. The van der Waals surface area contributed by atoms with Crippen LogP contribution in [-0.2, 0) is 30.5 Å². The maximum atomic E-state index is 10.7. The van der Waals surface area contributed by atoms with Crippen molar-refractivity contribution in [1.29, 1.82) is 0 Å². The van der Waals surface area contributed by atoms with Gasteiger partial charge < -0.3 is 9.47 Å². The number of hydrogen-bond donors (Lipinski definition) is 1. The van der Waals surface area contributed by atoms with Gasteiger partial charge in [0.15, 0.2) is 0 Å². The molecule has 0 spiro atoms. The van der Waals surface area contributed by atoms with E-state index in [4.69, 9.17) is 22.4 Å². The molecule has 0 aliphatic heterocycles. The monoisotopic (exact) mass is 847 g/mol. The second-order valence-corrected chi connectivity index (χ2v) is 18.3. The zero-order valence-corrected chi connectivity index (χ0v) is 35.3. The molecule has 0 unspecified atom stereocenters. The molecule has 0 saturated heterocycles. The minimum absolute atomic E-state index is 0. The first-order valence-corrected chi connectivity index (χ1v) is 21.0. The largest absolute Gasteiger partial charge is 0.522 e. The van der Waals surface area contributed by atoms with Crippen molar-refractivity contribution in [2.75, 3.05) is 14.2 Å². The quantitative estimate of drug-likeness (QED) is 0.0895. The van der Waals surface area contributed by atoms with E-state index in [1.54, 1.807) is 6.08 Å². The van der Waals surface area contributed by atoms with Crippen molar-refractivity contribution < 1.29 is 56.0 Å². The molecule has 2 saturated carbocycles. The van der Waals surface area contributed by atoms with Gasteiger partial charge in [0.2, 0.25) is 0 Å². The van der Waals surface area contributed by atoms with Gasteiger partial charge in [-0.2, -0.15) is 21.6 Å². The molecule has 0 atom stereocenters. The average Bonchev–Trinajstić information content (AvgIpc) is 3.08. The summed E-state index contributed by atoms with van der Waals surface area (Å²) in [5.74, 6) is 3.50. The van der Waals surface area contributed by atoms with Gasteiger partial charge in [0, 0.05) is 31.3 Å². The van der Waals surface area contributed by atoms with Gasteiger partial charge in [-0.15, -0.1) is 6.92 Å². The Labute approximate surface area is 322 Å². The van der Waals surface area contributed by atoms with Crippen LogP contribution in [0.25, 0.3) is 11.1 Å². The van der Waals surface area contributed by atoms with Crippen LogP contribution >= 0.6 is 7.92 Å². The predicted molar refractivity (Wildman–Crippen MR) is 205 cm³/mol. The molecule has 11 heteroatoms. The van der Waals surface area contributed by atoms with E-state index in [1.165, 1.54) is 97.3 Å². The van der Waals surface area contributed by atoms with Gasteiger partial charge >= 0.3 is 15.6 Å². The molecule has 2 fully saturated rings. The molecule has 2 aromatic rings. The third kappa shape index (κ3) is 13.1. The number of allylic oxidation sites excluding steroid dienone is 2. The minimum atomic E-state index is -5.84. The van der Waals surface area contributed by atoms with Gasteiger partial charge in [-0.1, -0.05) is 100 Å². The van der Waals surface area contributed by atoms with Gasteiger partial charge in [0.25, 0.3) is 0 Å². The van der Waals surface area contributed by atoms with Crippen molar-refractivity contribution in [1.82, 2.24) is 0 Å². The van der Waals surface area contributed by atoms with Crippen molar-refractivity contribution in [3.63, 3.8) is 0 Å². The third-order valence-electron chi connectivity index (χ3n) is 9.65. The SMILES string of the molecule is COc1ccc(OC)c(P(C2CCCCC2)C2CCCCC2)c1-c1c(C(C)C)cc(C(C)C)cc1C(C)C.O=S(=O)(O)C(F)(F)F.[CH2-]/C=C/C.[Pd]. The summed E-state index contributed by atoms with van der Waals surface area (Å²) in [7, 11) is -2.46. The summed E-state index contributed by atoms with van der Waals surface area (Å²) in [5.41, 5.74) is 3.23. The molecule has 294 valence electrons. The Balaban J connectivity index is 0.000000862. The Morgan fingerprint density at radius 2 is 1.16 bits per heavy atom. The number of rotatable bonds is 9. The molecule has 0 heterocycles. The maximum absolute atomic E-state index is 10.7. The van der Waals surface area contributed by atoms with E-state index >= 15 is 0 Å². The number of alkyl halides is 3. The van der Waals surface area contributed by atoms with Gasteiger partial charge in [0.1, 0.15) is 11.5 Å². The summed E-state index contributed by atoms with van der Waals surface area (Å²) in [6.45, 7) is 19.5. The Morgan fingerprint density at radius 1 is 0.784 bits per heavy atom. The van der Waals surface area contributed by atoms with Crippen LogP contribution in [0.3, 0.4) is 0 Å². The summed E-state index contributed by atoms with van der Waals surface area (Å²) in [6, 6.07) is 9.40. The van der Waals surface area contributed by atoms with Gasteiger partial charge in [-0.3, -0.25) is 4.55 Å². The van der Waals surface area contributed by atoms with Crippen LogP contribution in [0.1, 0.15) is 147 Å². The molecule has 0 amide bonds. The van der Waals surface area contributed by atoms with Crippen LogP contribution < -0.4 is 14.8 Å². The molecule has 4 rings (SSSR count). The molecule has 0 aromatic heterocycles. The van der Waals surface area contributed by atoms with E-state index in [0.717, 1.165) is 22.8 Å². The Bertz CT molecular complexity index is 1430. The second-order valence-electron chi connectivity index (χ2n) is 14.2. The summed E-state index contributed by atoms with van der Waals surface area (Å²) in [4.78, 5) is 0. The Hall–Kier alpha value is -1.56. The van der Waals surface area contributed by atoms with Crippen molar-refractivity contribution in [3.05, 3.63) is 60.0 Å². The molecule has 2 aromatic carbocycles. The smallest absolute Gasteiger partial charge is 0.496 e. The van der Waals surface area contributed by atoms with E-state index in [1.807, 2.05) is 27.2 Å². The normalized spacial score (nSPS) is 16.1. The first kappa shape index (κ1) is 47.5. The zero-order valence-electron chi connectivity index (χ0n) is 32.0. The molecule has 0 radical (unpaired) electrons. The summed E-state index contributed by atoms with van der Waals surface area (Å²) in [5, 5.41) is 1.52. The zero-order chi connectivity index (χ0) is 37.8. The molecule has 51 heavy (non-hydrogen) atoms. The maximum Gasteiger partial charge on any atom is 0.522 e. The molecule has 5 nitrogen and oxygen atoms in total. The summed E-state index contributed by atoms with van der Waals surface area (Å²) < 4.78 is 70.1. The molecular formula is C40H61F3O5PPdS-. The fourth-order valence-corrected chi connectivity index (χ4v) is 11.1. The van der Waals surface area contributed by atoms with Gasteiger partial charge in [-0.25, -0.2) is 19.1 Å². The fourth-order valence-electron chi connectivity index (χ4n) is 7.01. The second kappa shape index (κ2) is 22.0. The van der Waals surface area contributed by atoms with E-state index in [9.17, 15) is 13.2 Å². The number of ether oxygens (including phenoxy) is 2. The Morgan fingerprint density at radius 3 is 1.45 bits per heavy atom. The number of hydrogen-bond acceptors (Lipinski definition) is 4. The molecule has 2 aliphatic rings. The average molecular weight is 848 g/mol. The molecule has 0 bridgehead atoms. The van der Waals surface area contributed by atoms with Crippen molar-refractivity contribution in [2.45, 2.75) is 147 Å². The first-order valence-electron chi connectivity index (χ1n) is 18.1. The van der Waals surface area contributed by atoms with Gasteiger partial charge in [0.05, 0.1) is 14.2 Å². The summed E-state index contributed by atoms with van der Waals surface area (Å²) >= 11 is 0. The van der Waals surface area contributed by atoms with Crippen molar-refractivity contribution in [3.8, 4) is 22.6 Å².